The summed E-state index contributed by atoms with van der Waals surface area (Å²) in [5.74, 6) is -0.0571. The van der Waals surface area contributed by atoms with Gasteiger partial charge in [0, 0.05) is 12.5 Å². The molecule has 24 heavy (non-hydrogen) atoms. The first-order valence-corrected chi connectivity index (χ1v) is 9.04. The van der Waals surface area contributed by atoms with Gasteiger partial charge in [0.25, 0.3) is 0 Å². The molecule has 2 spiro atoms. The van der Waals surface area contributed by atoms with Crippen LogP contribution in [-0.2, 0) is 32.7 Å². The third-order valence-corrected chi connectivity index (χ3v) is 6.60. The van der Waals surface area contributed by atoms with E-state index in [9.17, 15) is 9.59 Å². The number of carbonyl (C=O) groups is 2. The van der Waals surface area contributed by atoms with E-state index in [1.807, 2.05) is 0 Å². The van der Waals surface area contributed by atoms with E-state index in [0.717, 1.165) is 44.1 Å². The van der Waals surface area contributed by atoms with Crippen LogP contribution >= 0.6 is 0 Å². The van der Waals surface area contributed by atoms with Crippen molar-refractivity contribution in [1.29, 1.82) is 0 Å². The number of nitrogens with one attached hydrogen (secondary N) is 1. The zero-order chi connectivity index (χ0) is 16.9. The minimum Gasteiger partial charge on any atom is -0.381 e. The van der Waals surface area contributed by atoms with Gasteiger partial charge >= 0.3 is 0 Å². The first-order chi connectivity index (χ1) is 11.5. The molecule has 1 heterocycles. The minimum atomic E-state index is -0.802. The predicted molar refractivity (Wildman–Crippen MR) is 90.7 cm³/mol. The van der Waals surface area contributed by atoms with Crippen molar-refractivity contribution in [3.05, 3.63) is 34.9 Å². The first-order valence-electron chi connectivity index (χ1n) is 9.04. The second kappa shape index (κ2) is 5.41. The van der Waals surface area contributed by atoms with Crippen LogP contribution in [0.15, 0.2) is 18.2 Å². The average Bonchev–Trinajstić information content (AvgIpc) is 3.04. The van der Waals surface area contributed by atoms with Crippen molar-refractivity contribution in [2.45, 2.75) is 63.5 Å². The zero-order valence-electron chi connectivity index (χ0n) is 14.5. The molecule has 0 bridgehead atoms. The number of methoxy groups -OCH3 is 1. The summed E-state index contributed by atoms with van der Waals surface area (Å²) in [6, 6.07) is 6.49. The van der Waals surface area contributed by atoms with Gasteiger partial charge in [0.15, 0.2) is 5.78 Å². The van der Waals surface area contributed by atoms with Crippen molar-refractivity contribution in [3.8, 4) is 0 Å². The number of ether oxygens (including phenoxy) is 1. The molecular formula is C20H25NO3. The fourth-order valence-electron chi connectivity index (χ4n) is 5.31. The third-order valence-electron chi connectivity index (χ3n) is 6.60. The number of ketones is 1. The smallest absolute Gasteiger partial charge is 0.228 e. The molecule has 1 N–H and O–H groups in total. The monoisotopic (exact) mass is 327 g/mol. The van der Waals surface area contributed by atoms with Crippen LogP contribution in [0.4, 0.5) is 0 Å². The fourth-order valence-corrected chi connectivity index (χ4v) is 5.31. The number of Topliss-reactive ketones (excluding diaryl/α,β-unsaturated/α-hetero) is 1. The van der Waals surface area contributed by atoms with E-state index in [-0.39, 0.29) is 29.6 Å². The molecular weight excluding hydrogens is 302 g/mol. The van der Waals surface area contributed by atoms with Crippen LogP contribution in [0.2, 0.25) is 0 Å². The van der Waals surface area contributed by atoms with Crippen molar-refractivity contribution < 1.29 is 14.3 Å². The van der Waals surface area contributed by atoms with Gasteiger partial charge in [-0.3, -0.25) is 9.59 Å². The van der Waals surface area contributed by atoms with Gasteiger partial charge in [-0.2, -0.15) is 0 Å². The lowest BCUT2D eigenvalue weighted by Gasteiger charge is -2.47. The van der Waals surface area contributed by atoms with Crippen LogP contribution in [0.25, 0.3) is 0 Å². The first kappa shape index (κ1) is 15.8. The summed E-state index contributed by atoms with van der Waals surface area (Å²) in [4.78, 5) is 25.2. The van der Waals surface area contributed by atoms with E-state index in [2.05, 4.69) is 30.4 Å². The lowest BCUT2D eigenvalue weighted by molar-refractivity contribution is -0.129. The van der Waals surface area contributed by atoms with Crippen molar-refractivity contribution in [2.75, 3.05) is 7.11 Å². The summed E-state index contributed by atoms with van der Waals surface area (Å²) in [6.07, 6.45) is 5.87. The zero-order valence-corrected chi connectivity index (χ0v) is 14.5. The van der Waals surface area contributed by atoms with E-state index in [1.54, 1.807) is 7.11 Å². The Balaban J connectivity index is 1.84. The molecule has 0 radical (unpaired) electrons. The highest BCUT2D eigenvalue weighted by Crippen LogP contribution is 2.59. The van der Waals surface area contributed by atoms with Crippen LogP contribution in [0, 0.1) is 5.41 Å². The Morgan fingerprint density at radius 2 is 2.00 bits per heavy atom. The van der Waals surface area contributed by atoms with Gasteiger partial charge in [0.05, 0.1) is 12.5 Å². The van der Waals surface area contributed by atoms with E-state index >= 15 is 0 Å². The van der Waals surface area contributed by atoms with Crippen LogP contribution in [0.3, 0.4) is 0 Å². The normalized spacial score (nSPS) is 34.8. The second-order valence-corrected chi connectivity index (χ2v) is 7.64. The maximum Gasteiger partial charge on any atom is 0.228 e. The maximum atomic E-state index is 13.1. The highest BCUT2D eigenvalue weighted by atomic mass is 16.5. The molecule has 1 atom stereocenters. The summed E-state index contributed by atoms with van der Waals surface area (Å²) in [5.41, 5.74) is 2.54. The molecule has 4 rings (SSSR count). The number of carbonyl (C=O) groups excluding carboxylic acids is 2. The van der Waals surface area contributed by atoms with Crippen LogP contribution < -0.4 is 5.32 Å². The van der Waals surface area contributed by atoms with Crippen molar-refractivity contribution in [1.82, 2.24) is 5.32 Å². The number of fused-ring (bicyclic) bond motifs is 3. The highest BCUT2D eigenvalue weighted by molar-refractivity contribution is 6.11. The molecule has 4 nitrogen and oxygen atoms in total. The van der Waals surface area contributed by atoms with Crippen molar-refractivity contribution in [2.24, 2.45) is 5.41 Å². The fraction of sp³-hybridized carbons (Fsp3) is 0.600. The highest BCUT2D eigenvalue weighted by Gasteiger charge is 2.65. The summed E-state index contributed by atoms with van der Waals surface area (Å²) in [6.45, 7) is 2.12. The van der Waals surface area contributed by atoms with Gasteiger partial charge in [0.1, 0.15) is 5.54 Å². The average molecular weight is 327 g/mol. The summed E-state index contributed by atoms with van der Waals surface area (Å²) >= 11 is 0. The Morgan fingerprint density at radius 1 is 1.25 bits per heavy atom. The maximum absolute atomic E-state index is 13.1. The molecule has 2 fully saturated rings. The lowest BCUT2D eigenvalue weighted by atomic mass is 9.60. The molecule has 0 aromatic heterocycles. The molecule has 3 aliphatic rings. The van der Waals surface area contributed by atoms with Crippen LogP contribution in [0.5, 0.6) is 0 Å². The van der Waals surface area contributed by atoms with Crippen molar-refractivity contribution >= 4 is 11.7 Å². The van der Waals surface area contributed by atoms with E-state index in [4.69, 9.17) is 4.74 Å². The Bertz CT molecular complexity index is 703. The van der Waals surface area contributed by atoms with Gasteiger partial charge in [-0.15, -0.1) is 0 Å². The standard InChI is InChI=1S/C20H25NO3/c1-3-13-4-5-14-12-19(8-6-15(24-2)7-9-19)20(16(14)10-13)17(22)11-18(23)21-20/h4-5,10,15H,3,6-9,11-12H2,1-2H3,(H,21,23). The third kappa shape index (κ3) is 1.95. The number of hydrogen-bond acceptors (Lipinski definition) is 3. The summed E-state index contributed by atoms with van der Waals surface area (Å²) < 4.78 is 5.53. The summed E-state index contributed by atoms with van der Waals surface area (Å²) in [5, 5.41) is 3.15. The number of benzene rings is 1. The van der Waals surface area contributed by atoms with E-state index in [0.29, 0.717) is 0 Å². The molecule has 1 saturated heterocycles. The van der Waals surface area contributed by atoms with Crippen LogP contribution in [0.1, 0.15) is 55.7 Å². The van der Waals surface area contributed by atoms with E-state index < -0.39 is 5.54 Å². The van der Waals surface area contributed by atoms with Gasteiger partial charge < -0.3 is 10.1 Å². The lowest BCUT2D eigenvalue weighted by Crippen LogP contribution is -2.56. The van der Waals surface area contributed by atoms with Gasteiger partial charge in [-0.05, 0) is 55.2 Å². The van der Waals surface area contributed by atoms with Gasteiger partial charge in [-0.1, -0.05) is 25.1 Å². The van der Waals surface area contributed by atoms with E-state index in [1.165, 1.54) is 11.1 Å². The topological polar surface area (TPSA) is 55.4 Å². The largest absolute Gasteiger partial charge is 0.381 e. The number of aryl methyl sites for hydroxylation is 1. The number of amides is 1. The Morgan fingerprint density at radius 3 is 2.58 bits per heavy atom. The molecule has 1 aliphatic heterocycles. The van der Waals surface area contributed by atoms with Gasteiger partial charge in [-0.25, -0.2) is 0 Å². The molecule has 1 saturated carbocycles. The molecule has 1 amide bonds. The Hall–Kier alpha value is -1.68. The molecule has 4 heteroatoms. The van der Waals surface area contributed by atoms with Gasteiger partial charge in [0.2, 0.25) is 5.91 Å². The van der Waals surface area contributed by atoms with Crippen molar-refractivity contribution in [3.63, 3.8) is 0 Å². The molecule has 1 aromatic rings. The molecule has 1 unspecified atom stereocenters. The Labute approximate surface area is 143 Å². The number of hydrogen-bond donors (Lipinski definition) is 1. The number of rotatable bonds is 2. The minimum absolute atomic E-state index is 0.0191. The molecule has 2 aliphatic carbocycles. The van der Waals surface area contributed by atoms with Crippen LogP contribution in [-0.4, -0.2) is 24.9 Å². The summed E-state index contributed by atoms with van der Waals surface area (Å²) in [7, 11) is 1.76. The SMILES string of the molecule is CCc1ccc2c(c1)C1(NC(=O)CC1=O)C1(CCC(OC)CC1)C2. The second-order valence-electron chi connectivity index (χ2n) is 7.64. The molecule has 128 valence electrons. The molecule has 1 aromatic carbocycles. The Kier molecular flexibility index (Phi) is 3.57. The quantitative estimate of drug-likeness (QED) is 0.850. The predicted octanol–water partition coefficient (Wildman–Crippen LogP) is 2.66.